The van der Waals surface area contributed by atoms with E-state index in [-0.39, 0.29) is 4.90 Å². The fourth-order valence-corrected chi connectivity index (χ4v) is 10.6. The second-order valence-corrected chi connectivity index (χ2v) is 19.3. The molecule has 2 aromatic carbocycles. The van der Waals surface area contributed by atoms with Gasteiger partial charge < -0.3 is 40.4 Å². The van der Waals surface area contributed by atoms with Gasteiger partial charge >= 0.3 is 17.6 Å². The molecule has 0 spiro atoms. The van der Waals surface area contributed by atoms with Crippen molar-refractivity contribution in [2.75, 3.05) is 73.7 Å². The average molecular weight is 747 g/mol. The number of anilines is 1. The zero-order chi connectivity index (χ0) is 36.5. The van der Waals surface area contributed by atoms with Gasteiger partial charge in [-0.2, -0.15) is 0 Å². The predicted octanol–water partition coefficient (Wildman–Crippen LogP) is 5.26. The van der Waals surface area contributed by atoms with E-state index < -0.39 is 27.7 Å². The lowest BCUT2D eigenvalue weighted by Crippen LogP contribution is -2.44. The maximum atomic E-state index is 12.5. The summed E-state index contributed by atoms with van der Waals surface area (Å²) in [7, 11) is -0.741. The van der Waals surface area contributed by atoms with Gasteiger partial charge in [0.25, 0.3) is 0 Å². The lowest BCUT2D eigenvalue weighted by Gasteiger charge is -2.24. The fourth-order valence-electron chi connectivity index (χ4n) is 6.49. The first-order chi connectivity index (χ1) is 24.0. The summed E-state index contributed by atoms with van der Waals surface area (Å²) in [6, 6.07) is 19.3. The van der Waals surface area contributed by atoms with Crippen LogP contribution in [0.5, 0.6) is 0 Å². The zero-order valence-electron chi connectivity index (χ0n) is 30.3. The first kappa shape index (κ1) is 39.8. The SMILES string of the molecule is CCN(CC)c1ccc2c(-c3ccccc3S(=O)(=O)[O-])c3ccc(=[N+](CCC[Si](OC)(OC)OC)CCC[Si](OC)(OC)OC)cc-3oc2c1. The topological polar surface area (TPSA) is 132 Å². The van der Waals surface area contributed by atoms with Gasteiger partial charge in [-0.3, -0.25) is 0 Å². The third kappa shape index (κ3) is 8.73. The Hall–Kier alpha value is -2.97. The summed E-state index contributed by atoms with van der Waals surface area (Å²) in [5.41, 5.74) is 3.18. The highest BCUT2D eigenvalue weighted by atomic mass is 32.2. The van der Waals surface area contributed by atoms with E-state index >= 15 is 0 Å². The standard InChI is InChI=1S/C35H50N2O10SSi2/c1-9-36(10-2)27-17-19-29-32(25-27)47-33-26-28(18-20-30(33)35(29)31-15-11-12-16-34(31)48(38,39)40)37(21-13-23-49(41-3,42-4)43-5)22-14-24-50(44-6,45-7)46-8/h11-12,15-20,25-26H,9-10,13-14,21-24H2,1-8H3. The largest absolute Gasteiger partial charge is 0.744 e. The van der Waals surface area contributed by atoms with Crippen molar-refractivity contribution < 1.29 is 43.9 Å². The highest BCUT2D eigenvalue weighted by Crippen LogP contribution is 2.42. The molecule has 12 nitrogen and oxygen atoms in total. The van der Waals surface area contributed by atoms with Crippen molar-refractivity contribution >= 4 is 44.4 Å². The molecule has 2 aromatic rings. The lowest BCUT2D eigenvalue weighted by atomic mass is 9.93. The summed E-state index contributed by atoms with van der Waals surface area (Å²) < 4.78 is 80.4. The first-order valence-electron chi connectivity index (χ1n) is 16.7. The smallest absolute Gasteiger partial charge is 0.500 e. The van der Waals surface area contributed by atoms with Crippen LogP contribution < -0.4 is 14.8 Å². The third-order valence-electron chi connectivity index (χ3n) is 9.30. The average Bonchev–Trinajstić information content (AvgIpc) is 3.13. The van der Waals surface area contributed by atoms with Gasteiger partial charge in [-0.1, -0.05) is 18.2 Å². The molecule has 0 aromatic heterocycles. The van der Waals surface area contributed by atoms with Crippen LogP contribution in [0.1, 0.15) is 26.7 Å². The van der Waals surface area contributed by atoms with Crippen LogP contribution in [0.3, 0.4) is 0 Å². The molecule has 0 fully saturated rings. The van der Waals surface area contributed by atoms with Crippen molar-refractivity contribution in [3.8, 4) is 22.5 Å². The maximum Gasteiger partial charge on any atom is 0.500 e. The number of hydrogen-bond acceptors (Lipinski definition) is 11. The molecule has 0 bridgehead atoms. The quantitative estimate of drug-likeness (QED) is 0.0539. The Kier molecular flexibility index (Phi) is 13.9. The molecule has 0 amide bonds. The molecular formula is C35H50N2O10SSi2. The molecule has 1 heterocycles. The van der Waals surface area contributed by atoms with Crippen molar-refractivity contribution in [3.63, 3.8) is 0 Å². The van der Waals surface area contributed by atoms with Gasteiger partial charge in [0.1, 0.15) is 34.6 Å². The van der Waals surface area contributed by atoms with Crippen LogP contribution >= 0.6 is 0 Å². The van der Waals surface area contributed by atoms with Gasteiger partial charge in [-0.05, 0) is 38.1 Å². The number of rotatable bonds is 19. The molecule has 4 rings (SSSR count). The van der Waals surface area contributed by atoms with E-state index in [2.05, 4.69) is 23.3 Å². The number of hydrogen-bond donors (Lipinski definition) is 0. The molecule has 0 radical (unpaired) electrons. The molecule has 0 atom stereocenters. The molecule has 1 aliphatic heterocycles. The second kappa shape index (κ2) is 17.5. The molecular weight excluding hydrogens is 697 g/mol. The van der Waals surface area contributed by atoms with Gasteiger partial charge in [0, 0.05) is 121 Å². The molecule has 50 heavy (non-hydrogen) atoms. The molecule has 1 aliphatic carbocycles. The monoisotopic (exact) mass is 746 g/mol. The van der Waals surface area contributed by atoms with Crippen LogP contribution in [-0.2, 0) is 36.7 Å². The normalized spacial score (nSPS) is 12.6. The van der Waals surface area contributed by atoms with E-state index in [9.17, 15) is 13.0 Å². The van der Waals surface area contributed by atoms with Gasteiger partial charge in [-0.25, -0.2) is 13.0 Å². The maximum absolute atomic E-state index is 12.5. The molecule has 0 N–H and O–H groups in total. The summed E-state index contributed by atoms with van der Waals surface area (Å²) in [5.74, 6) is 0.550. The number of benzene rings is 3. The molecule has 274 valence electrons. The summed E-state index contributed by atoms with van der Waals surface area (Å²) in [4.78, 5) is 1.93. The van der Waals surface area contributed by atoms with Gasteiger partial charge in [0.05, 0.1) is 11.0 Å². The van der Waals surface area contributed by atoms with Gasteiger partial charge in [0.2, 0.25) is 5.36 Å². The highest BCUT2D eigenvalue weighted by molar-refractivity contribution is 7.85. The zero-order valence-corrected chi connectivity index (χ0v) is 33.1. The van der Waals surface area contributed by atoms with Crippen molar-refractivity contribution in [1.82, 2.24) is 4.58 Å². The van der Waals surface area contributed by atoms with Crippen molar-refractivity contribution in [1.29, 1.82) is 0 Å². The van der Waals surface area contributed by atoms with E-state index in [0.717, 1.165) is 37.0 Å². The second-order valence-electron chi connectivity index (χ2n) is 11.7. The summed E-state index contributed by atoms with van der Waals surface area (Å²) in [6.45, 7) is 7.09. The van der Waals surface area contributed by atoms with E-state index in [1.165, 1.54) is 6.07 Å². The third-order valence-corrected chi connectivity index (χ3v) is 15.9. The molecule has 15 heteroatoms. The Morgan fingerprint density at radius 1 is 0.740 bits per heavy atom. The van der Waals surface area contributed by atoms with Gasteiger partial charge in [0.15, 0.2) is 0 Å². The number of nitrogens with zero attached hydrogens (tertiary/aromatic N) is 2. The molecule has 0 saturated heterocycles. The minimum Gasteiger partial charge on any atom is -0.744 e. The van der Waals surface area contributed by atoms with Crippen LogP contribution in [0.2, 0.25) is 12.1 Å². The highest BCUT2D eigenvalue weighted by Gasteiger charge is 2.39. The molecule has 0 unspecified atom stereocenters. The molecule has 2 aliphatic rings. The van der Waals surface area contributed by atoms with E-state index in [0.29, 0.717) is 58.6 Å². The van der Waals surface area contributed by atoms with Crippen LogP contribution in [0.4, 0.5) is 5.69 Å². The number of fused-ring (bicyclic) bond motifs is 2. The Morgan fingerprint density at radius 2 is 1.30 bits per heavy atom. The first-order valence-corrected chi connectivity index (χ1v) is 21.9. The van der Waals surface area contributed by atoms with Crippen LogP contribution in [0.15, 0.2) is 70.0 Å². The Balaban J connectivity index is 1.96. The lowest BCUT2D eigenvalue weighted by molar-refractivity contribution is 0.122. The van der Waals surface area contributed by atoms with Crippen LogP contribution in [-0.4, -0.2) is 99.4 Å². The Labute approximate surface area is 298 Å². The predicted molar refractivity (Wildman–Crippen MR) is 197 cm³/mol. The van der Waals surface area contributed by atoms with Crippen LogP contribution in [0, 0.1) is 0 Å². The van der Waals surface area contributed by atoms with Crippen molar-refractivity contribution in [2.45, 2.75) is 43.7 Å². The van der Waals surface area contributed by atoms with Gasteiger partial charge in [-0.15, -0.1) is 0 Å². The van der Waals surface area contributed by atoms with Crippen molar-refractivity contribution in [3.05, 3.63) is 66.0 Å². The fraction of sp³-hybridized carbons (Fsp3) is 0.457. The summed E-state index contributed by atoms with van der Waals surface area (Å²) in [5, 5.41) is 1.60. The van der Waals surface area contributed by atoms with E-state index in [1.54, 1.807) is 60.9 Å². The van der Waals surface area contributed by atoms with Crippen LogP contribution in [0.25, 0.3) is 33.4 Å². The minimum atomic E-state index is -4.78. The minimum absolute atomic E-state index is 0.281. The van der Waals surface area contributed by atoms with Crippen molar-refractivity contribution in [2.24, 2.45) is 0 Å². The summed E-state index contributed by atoms with van der Waals surface area (Å²) in [6.07, 6.45) is 1.45. The molecule has 0 saturated carbocycles. The Morgan fingerprint density at radius 3 is 1.82 bits per heavy atom. The van der Waals surface area contributed by atoms with E-state index in [4.69, 9.17) is 31.0 Å². The summed E-state index contributed by atoms with van der Waals surface area (Å²) >= 11 is 0. The Bertz CT molecular complexity index is 1830. The van der Waals surface area contributed by atoms with E-state index in [1.807, 2.05) is 36.4 Å².